The summed E-state index contributed by atoms with van der Waals surface area (Å²) >= 11 is 1.51. The Morgan fingerprint density at radius 1 is 1.48 bits per heavy atom. The van der Waals surface area contributed by atoms with E-state index in [1.54, 1.807) is 0 Å². The molecule has 0 bridgehead atoms. The zero-order chi connectivity index (χ0) is 17.6. The number of nitrogens with zero attached hydrogens (tertiary/aromatic N) is 1. The molecule has 2 heterocycles. The average molecular weight is 355 g/mol. The molecule has 0 spiro atoms. The molecule has 0 aliphatic carbocycles. The Kier molecular flexibility index (Phi) is 5.69. The van der Waals surface area contributed by atoms with Crippen molar-refractivity contribution in [2.45, 2.75) is 32.7 Å². The van der Waals surface area contributed by atoms with Gasteiger partial charge < -0.3 is 15.4 Å². The van der Waals surface area contributed by atoms with Crippen LogP contribution in [0.1, 0.15) is 34.9 Å². The number of hydrogen-bond acceptors (Lipinski definition) is 5. The van der Waals surface area contributed by atoms with Crippen molar-refractivity contribution < 1.29 is 9.53 Å². The van der Waals surface area contributed by atoms with Crippen LogP contribution in [0.4, 0.5) is 5.00 Å². The molecule has 1 aromatic heterocycles. The lowest BCUT2D eigenvalue weighted by Crippen LogP contribution is -2.22. The van der Waals surface area contributed by atoms with Crippen molar-refractivity contribution in [1.29, 1.82) is 5.26 Å². The first kappa shape index (κ1) is 17.5. The monoisotopic (exact) mass is 355 g/mol. The van der Waals surface area contributed by atoms with Gasteiger partial charge in [-0.3, -0.25) is 4.79 Å². The lowest BCUT2D eigenvalue weighted by atomic mass is 10.0. The van der Waals surface area contributed by atoms with Crippen LogP contribution in [0.3, 0.4) is 0 Å². The molecular weight excluding hydrogens is 334 g/mol. The predicted molar refractivity (Wildman–Crippen MR) is 99.0 cm³/mol. The number of aryl methyl sites for hydroxylation is 1. The summed E-state index contributed by atoms with van der Waals surface area (Å²) in [5, 5.41) is 16.3. The summed E-state index contributed by atoms with van der Waals surface area (Å²) in [6.45, 7) is 4.22. The van der Waals surface area contributed by atoms with Gasteiger partial charge >= 0.3 is 0 Å². The molecule has 0 fully saturated rings. The van der Waals surface area contributed by atoms with Crippen LogP contribution >= 0.6 is 11.3 Å². The van der Waals surface area contributed by atoms with Crippen LogP contribution in [0.2, 0.25) is 0 Å². The number of nitrogens with one attached hydrogen (secondary N) is 2. The number of thiophene rings is 1. The number of amides is 1. The van der Waals surface area contributed by atoms with Crippen LogP contribution in [0.15, 0.2) is 24.3 Å². The Balaban J connectivity index is 1.62. The lowest BCUT2D eigenvalue weighted by molar-refractivity contribution is -0.116. The number of nitriles is 1. The average Bonchev–Trinajstić information content (AvgIpc) is 2.97. The second-order valence-electron chi connectivity index (χ2n) is 5.88. The maximum absolute atomic E-state index is 12.3. The second-order valence-corrected chi connectivity index (χ2v) is 6.98. The van der Waals surface area contributed by atoms with Gasteiger partial charge in [-0.2, -0.15) is 5.26 Å². The fourth-order valence-corrected chi connectivity index (χ4v) is 4.13. The standard InChI is InChI=1S/C19H21N3O2S/c1-2-24-14-5-3-4-13(10-14)6-7-18(23)22-19-16(11-20)15-8-9-21-12-17(15)25-19/h3-5,10,21H,2,6-9,12H2,1H3,(H,22,23). The molecule has 1 amide bonds. The van der Waals surface area contributed by atoms with E-state index in [2.05, 4.69) is 16.7 Å². The Hall–Kier alpha value is -2.36. The Morgan fingerprint density at radius 2 is 2.36 bits per heavy atom. The fraction of sp³-hybridized carbons (Fsp3) is 0.368. The third-order valence-corrected chi connectivity index (χ3v) is 5.29. The number of anilines is 1. The minimum atomic E-state index is -0.0649. The van der Waals surface area contributed by atoms with E-state index in [0.717, 1.165) is 41.3 Å². The minimum Gasteiger partial charge on any atom is -0.494 e. The van der Waals surface area contributed by atoms with Gasteiger partial charge in [0.1, 0.15) is 16.8 Å². The van der Waals surface area contributed by atoms with E-state index >= 15 is 0 Å². The first-order chi connectivity index (χ1) is 12.2. The van der Waals surface area contributed by atoms with Crippen molar-refractivity contribution in [1.82, 2.24) is 5.32 Å². The molecule has 6 heteroatoms. The van der Waals surface area contributed by atoms with Crippen LogP contribution in [-0.4, -0.2) is 19.1 Å². The van der Waals surface area contributed by atoms with E-state index < -0.39 is 0 Å². The van der Waals surface area contributed by atoms with Gasteiger partial charge in [0.2, 0.25) is 5.91 Å². The first-order valence-corrected chi connectivity index (χ1v) is 9.30. The molecule has 3 rings (SSSR count). The smallest absolute Gasteiger partial charge is 0.225 e. The molecule has 1 aliphatic rings. The van der Waals surface area contributed by atoms with Crippen molar-refractivity contribution in [3.05, 3.63) is 45.8 Å². The normalized spacial score (nSPS) is 13.0. The molecule has 130 valence electrons. The van der Waals surface area contributed by atoms with Gasteiger partial charge in [0.25, 0.3) is 0 Å². The highest BCUT2D eigenvalue weighted by Crippen LogP contribution is 2.34. The lowest BCUT2D eigenvalue weighted by Gasteiger charge is -2.11. The van der Waals surface area contributed by atoms with Crippen LogP contribution in [0.25, 0.3) is 0 Å². The summed E-state index contributed by atoms with van der Waals surface area (Å²) in [6.07, 6.45) is 1.86. The van der Waals surface area contributed by atoms with E-state index in [1.807, 2.05) is 31.2 Å². The largest absolute Gasteiger partial charge is 0.494 e. The molecule has 0 unspecified atom stereocenters. The van der Waals surface area contributed by atoms with Crippen molar-refractivity contribution >= 4 is 22.2 Å². The molecular formula is C19H21N3O2S. The maximum Gasteiger partial charge on any atom is 0.225 e. The van der Waals surface area contributed by atoms with Gasteiger partial charge in [0.15, 0.2) is 0 Å². The highest BCUT2D eigenvalue weighted by molar-refractivity contribution is 7.16. The fourth-order valence-electron chi connectivity index (χ4n) is 2.95. The number of carbonyl (C=O) groups excluding carboxylic acids is 1. The zero-order valence-corrected chi connectivity index (χ0v) is 15.0. The molecule has 2 aromatic rings. The molecule has 5 nitrogen and oxygen atoms in total. The van der Waals surface area contributed by atoms with E-state index in [9.17, 15) is 10.1 Å². The molecule has 0 saturated heterocycles. The van der Waals surface area contributed by atoms with Gasteiger partial charge in [-0.25, -0.2) is 0 Å². The maximum atomic E-state index is 12.3. The molecule has 0 radical (unpaired) electrons. The van der Waals surface area contributed by atoms with Gasteiger partial charge in [-0.05, 0) is 49.6 Å². The number of hydrogen-bond donors (Lipinski definition) is 2. The third kappa shape index (κ3) is 4.19. The minimum absolute atomic E-state index is 0.0649. The van der Waals surface area contributed by atoms with Gasteiger partial charge in [0, 0.05) is 17.8 Å². The molecule has 1 aliphatic heterocycles. The summed E-state index contributed by atoms with van der Waals surface area (Å²) in [4.78, 5) is 13.5. The molecule has 2 N–H and O–H groups in total. The van der Waals surface area contributed by atoms with E-state index in [1.165, 1.54) is 11.3 Å². The highest BCUT2D eigenvalue weighted by atomic mass is 32.1. The summed E-state index contributed by atoms with van der Waals surface area (Å²) < 4.78 is 5.48. The van der Waals surface area contributed by atoms with E-state index in [4.69, 9.17) is 4.74 Å². The second kappa shape index (κ2) is 8.15. The third-order valence-electron chi connectivity index (χ3n) is 4.14. The van der Waals surface area contributed by atoms with Crippen LogP contribution in [-0.2, 0) is 24.2 Å². The Morgan fingerprint density at radius 3 is 3.16 bits per heavy atom. The van der Waals surface area contributed by atoms with Crippen molar-refractivity contribution in [3.8, 4) is 11.8 Å². The molecule has 0 saturated carbocycles. The van der Waals surface area contributed by atoms with Gasteiger partial charge in [0.05, 0.1) is 12.2 Å². The van der Waals surface area contributed by atoms with E-state index in [-0.39, 0.29) is 5.91 Å². The number of ether oxygens (including phenoxy) is 1. The van der Waals surface area contributed by atoms with Crippen molar-refractivity contribution in [2.24, 2.45) is 0 Å². The van der Waals surface area contributed by atoms with Crippen molar-refractivity contribution in [2.75, 3.05) is 18.5 Å². The SMILES string of the molecule is CCOc1cccc(CCC(=O)Nc2sc3c(c2C#N)CCNC3)c1. The Labute approximate surface area is 151 Å². The van der Waals surface area contributed by atoms with Crippen LogP contribution in [0.5, 0.6) is 5.75 Å². The summed E-state index contributed by atoms with van der Waals surface area (Å²) in [6, 6.07) is 10.1. The number of rotatable bonds is 6. The summed E-state index contributed by atoms with van der Waals surface area (Å²) in [5.74, 6) is 0.760. The topological polar surface area (TPSA) is 74.1 Å². The quantitative estimate of drug-likeness (QED) is 0.834. The van der Waals surface area contributed by atoms with Crippen molar-refractivity contribution in [3.63, 3.8) is 0 Å². The van der Waals surface area contributed by atoms with E-state index in [0.29, 0.717) is 30.0 Å². The number of fused-ring (bicyclic) bond motifs is 1. The summed E-state index contributed by atoms with van der Waals surface area (Å²) in [7, 11) is 0. The molecule has 25 heavy (non-hydrogen) atoms. The summed E-state index contributed by atoms with van der Waals surface area (Å²) in [5.41, 5.74) is 2.79. The Bertz CT molecular complexity index is 807. The van der Waals surface area contributed by atoms with Gasteiger partial charge in [-0.15, -0.1) is 11.3 Å². The predicted octanol–water partition coefficient (Wildman–Crippen LogP) is 3.24. The number of benzene rings is 1. The van der Waals surface area contributed by atoms with Crippen LogP contribution < -0.4 is 15.4 Å². The molecule has 1 aromatic carbocycles. The number of carbonyl (C=O) groups is 1. The van der Waals surface area contributed by atoms with Gasteiger partial charge in [-0.1, -0.05) is 12.1 Å². The molecule has 0 atom stereocenters. The van der Waals surface area contributed by atoms with Crippen LogP contribution in [0, 0.1) is 11.3 Å². The first-order valence-electron chi connectivity index (χ1n) is 8.48. The highest BCUT2D eigenvalue weighted by Gasteiger charge is 2.21. The zero-order valence-electron chi connectivity index (χ0n) is 14.2.